The van der Waals surface area contributed by atoms with Crippen LogP contribution in [0.15, 0.2) is 36.5 Å². The van der Waals surface area contributed by atoms with E-state index in [-0.39, 0.29) is 47.1 Å². The molecule has 1 atom stereocenters. The topological polar surface area (TPSA) is 138 Å². The number of esters is 1. The minimum Gasteiger partial charge on any atom is -0.462 e. The molecule has 1 amide bonds. The number of nitrogen functional groups attached to an aromatic ring is 1. The van der Waals surface area contributed by atoms with Crippen molar-refractivity contribution < 1.29 is 31.9 Å². The summed E-state index contributed by atoms with van der Waals surface area (Å²) in [6, 6.07) is 7.07. The lowest BCUT2D eigenvalue weighted by atomic mass is 9.78. The molecule has 0 radical (unpaired) electrons. The number of carbonyl (C=O) groups excluding carboxylic acids is 2. The number of fused-ring (bicyclic) bond motifs is 2. The highest BCUT2D eigenvalue weighted by Gasteiger charge is 2.67. The second-order valence-electron chi connectivity index (χ2n) is 8.65. The van der Waals surface area contributed by atoms with Crippen molar-refractivity contribution in [2.24, 2.45) is 0 Å². The van der Waals surface area contributed by atoms with Crippen molar-refractivity contribution in [2.75, 3.05) is 17.7 Å². The second-order valence-corrected chi connectivity index (χ2v) is 8.65. The zero-order valence-corrected chi connectivity index (χ0v) is 19.9. The number of rotatable bonds is 6. The van der Waals surface area contributed by atoms with E-state index in [9.17, 15) is 18.4 Å². The van der Waals surface area contributed by atoms with E-state index in [4.69, 9.17) is 5.73 Å². The van der Waals surface area contributed by atoms with Gasteiger partial charge in [0.1, 0.15) is 29.0 Å². The van der Waals surface area contributed by atoms with Crippen LogP contribution in [0, 0.1) is 11.6 Å². The van der Waals surface area contributed by atoms with E-state index in [2.05, 4.69) is 30.1 Å². The molecule has 0 bridgehead atoms. The average molecular weight is 529 g/mol. The maximum absolute atomic E-state index is 15.2. The SMILES string of the molecule is CCOC(=O)C(F)(F)C1(C)C(=O)Nc2nc(-c3nn(Cc4ccccc4F)c4ncc(F)cc34)nc(N)c21. The van der Waals surface area contributed by atoms with Gasteiger partial charge in [0.05, 0.1) is 30.3 Å². The molecule has 38 heavy (non-hydrogen) atoms. The highest BCUT2D eigenvalue weighted by atomic mass is 19.3. The normalized spacial score (nSPS) is 16.9. The van der Waals surface area contributed by atoms with Crippen LogP contribution in [-0.4, -0.2) is 49.1 Å². The lowest BCUT2D eigenvalue weighted by molar-refractivity contribution is -0.183. The largest absolute Gasteiger partial charge is 0.462 e. The highest BCUT2D eigenvalue weighted by molar-refractivity contribution is 6.10. The Balaban J connectivity index is 1.65. The Hall–Kier alpha value is -4.62. The molecule has 0 saturated heterocycles. The number of amides is 1. The fraction of sp³-hybridized carbons (Fsp3) is 0.250. The summed E-state index contributed by atoms with van der Waals surface area (Å²) in [6.07, 6.45) is 0.951. The number of nitrogens with one attached hydrogen (secondary N) is 1. The van der Waals surface area contributed by atoms with Gasteiger partial charge in [0.25, 0.3) is 0 Å². The maximum Gasteiger partial charge on any atom is 0.378 e. The van der Waals surface area contributed by atoms with Crippen LogP contribution in [0.4, 0.5) is 29.2 Å². The predicted octanol–water partition coefficient (Wildman–Crippen LogP) is 3.21. The molecule has 1 aliphatic heterocycles. The Morgan fingerprint density at radius 1 is 1.24 bits per heavy atom. The van der Waals surface area contributed by atoms with Crippen molar-refractivity contribution in [3.63, 3.8) is 0 Å². The summed E-state index contributed by atoms with van der Waals surface area (Å²) in [5.74, 6) is -9.82. The third-order valence-electron chi connectivity index (χ3n) is 6.33. The number of ether oxygens (including phenoxy) is 1. The maximum atomic E-state index is 15.2. The molecule has 1 aliphatic rings. The summed E-state index contributed by atoms with van der Waals surface area (Å²) in [7, 11) is 0. The van der Waals surface area contributed by atoms with Gasteiger partial charge in [-0.2, -0.15) is 13.9 Å². The molecule has 0 fully saturated rings. The van der Waals surface area contributed by atoms with Crippen LogP contribution in [0.1, 0.15) is 25.0 Å². The number of nitrogens with zero attached hydrogens (tertiary/aromatic N) is 5. The molecule has 0 saturated carbocycles. The van der Waals surface area contributed by atoms with Crippen LogP contribution < -0.4 is 11.1 Å². The van der Waals surface area contributed by atoms with Crippen LogP contribution >= 0.6 is 0 Å². The molecule has 4 aromatic rings. The number of hydrogen-bond donors (Lipinski definition) is 2. The minimum atomic E-state index is -4.31. The molecule has 3 aromatic heterocycles. The van der Waals surface area contributed by atoms with Gasteiger partial charge in [0.2, 0.25) is 5.91 Å². The van der Waals surface area contributed by atoms with E-state index >= 15 is 8.78 Å². The van der Waals surface area contributed by atoms with Crippen molar-refractivity contribution in [1.29, 1.82) is 0 Å². The minimum absolute atomic E-state index is 0.0437. The number of halogens is 4. The number of pyridine rings is 1. The van der Waals surface area contributed by atoms with E-state index in [0.717, 1.165) is 19.2 Å². The van der Waals surface area contributed by atoms with Crippen LogP contribution in [0.2, 0.25) is 0 Å². The molecular weight excluding hydrogens is 510 g/mol. The summed E-state index contributed by atoms with van der Waals surface area (Å²) in [4.78, 5) is 37.1. The van der Waals surface area contributed by atoms with Gasteiger partial charge in [0.15, 0.2) is 16.9 Å². The van der Waals surface area contributed by atoms with Crippen LogP contribution in [-0.2, 0) is 26.3 Å². The fourth-order valence-corrected chi connectivity index (χ4v) is 4.34. The quantitative estimate of drug-likeness (QED) is 0.287. The van der Waals surface area contributed by atoms with Gasteiger partial charge in [-0.3, -0.25) is 4.79 Å². The average Bonchev–Trinajstić information content (AvgIpc) is 3.35. The van der Waals surface area contributed by atoms with Crippen molar-refractivity contribution in [3.8, 4) is 11.5 Å². The number of carbonyl (C=O) groups is 2. The molecule has 4 heterocycles. The third-order valence-corrected chi connectivity index (χ3v) is 6.33. The molecule has 196 valence electrons. The second kappa shape index (κ2) is 8.75. The van der Waals surface area contributed by atoms with Gasteiger partial charge < -0.3 is 15.8 Å². The van der Waals surface area contributed by atoms with E-state index in [1.165, 1.54) is 29.8 Å². The summed E-state index contributed by atoms with van der Waals surface area (Å²) in [5, 5.41) is 6.72. The first-order valence-corrected chi connectivity index (χ1v) is 11.3. The first kappa shape index (κ1) is 25.0. The fourth-order valence-electron chi connectivity index (χ4n) is 4.34. The Labute approximate surface area is 211 Å². The smallest absolute Gasteiger partial charge is 0.378 e. The van der Waals surface area contributed by atoms with Crippen LogP contribution in [0.25, 0.3) is 22.6 Å². The highest BCUT2D eigenvalue weighted by Crippen LogP contribution is 2.50. The molecular formula is C24H19F4N7O3. The summed E-state index contributed by atoms with van der Waals surface area (Å²) >= 11 is 0. The lowest BCUT2D eigenvalue weighted by Crippen LogP contribution is -2.54. The van der Waals surface area contributed by atoms with Gasteiger partial charge in [-0.05, 0) is 26.0 Å². The molecule has 1 unspecified atom stereocenters. The summed E-state index contributed by atoms with van der Waals surface area (Å²) in [5.41, 5.74) is 3.17. The van der Waals surface area contributed by atoms with Gasteiger partial charge in [-0.25, -0.2) is 33.2 Å². The van der Waals surface area contributed by atoms with E-state index in [1.807, 2.05) is 0 Å². The number of alkyl halides is 2. The standard InChI is InChI=1S/C24H19F4N7O3/c1-3-38-22(37)24(27,28)23(2)15-17(29)31-19(32-18(15)33-21(23)36)16-13-8-12(25)9-30-20(13)35(34-16)10-11-6-4-5-7-14(11)26/h4-9H,3,10H2,1-2H3,(H3,29,31,32,33,36). The molecule has 14 heteroatoms. The Morgan fingerprint density at radius 3 is 2.68 bits per heavy atom. The van der Waals surface area contributed by atoms with Gasteiger partial charge >= 0.3 is 11.9 Å². The summed E-state index contributed by atoms with van der Waals surface area (Å²) in [6.45, 7) is 1.76. The van der Waals surface area contributed by atoms with Crippen molar-refractivity contribution in [2.45, 2.75) is 31.7 Å². The first-order valence-electron chi connectivity index (χ1n) is 11.3. The summed E-state index contributed by atoms with van der Waals surface area (Å²) < 4.78 is 64.6. The molecule has 1 aromatic carbocycles. The molecule has 0 aliphatic carbocycles. The predicted molar refractivity (Wildman–Crippen MR) is 126 cm³/mol. The molecule has 10 nitrogen and oxygen atoms in total. The van der Waals surface area contributed by atoms with Crippen LogP contribution in [0.5, 0.6) is 0 Å². The molecule has 0 spiro atoms. The van der Waals surface area contributed by atoms with Gasteiger partial charge in [-0.15, -0.1) is 0 Å². The Kier molecular flexibility index (Phi) is 5.76. The third kappa shape index (κ3) is 3.63. The van der Waals surface area contributed by atoms with Crippen molar-refractivity contribution in [1.82, 2.24) is 24.7 Å². The van der Waals surface area contributed by atoms with E-state index < -0.39 is 46.2 Å². The van der Waals surface area contributed by atoms with Gasteiger partial charge in [0, 0.05) is 5.56 Å². The number of hydrogen-bond acceptors (Lipinski definition) is 8. The number of benzene rings is 1. The van der Waals surface area contributed by atoms with Crippen LogP contribution in [0.3, 0.4) is 0 Å². The van der Waals surface area contributed by atoms with E-state index in [0.29, 0.717) is 0 Å². The van der Waals surface area contributed by atoms with E-state index in [1.54, 1.807) is 6.07 Å². The number of aromatic nitrogens is 5. The zero-order valence-electron chi connectivity index (χ0n) is 19.9. The van der Waals surface area contributed by atoms with Gasteiger partial charge in [-0.1, -0.05) is 18.2 Å². The number of nitrogens with two attached hydrogens (primary N) is 1. The van der Waals surface area contributed by atoms with Crippen molar-refractivity contribution in [3.05, 3.63) is 59.3 Å². The molecule has 5 rings (SSSR count). The lowest BCUT2D eigenvalue weighted by Gasteiger charge is -2.30. The first-order chi connectivity index (χ1) is 18.0. The monoisotopic (exact) mass is 529 g/mol. The Bertz CT molecular complexity index is 1620. The van der Waals surface area contributed by atoms with Crippen molar-refractivity contribution >= 4 is 34.5 Å². The zero-order chi connectivity index (χ0) is 27.4. The number of anilines is 2. The molecule has 3 N–H and O–H groups in total. The Morgan fingerprint density at radius 2 is 1.97 bits per heavy atom.